The molecule has 0 radical (unpaired) electrons. The Hall–Kier alpha value is 0.0349. The van der Waals surface area contributed by atoms with Crippen LogP contribution in [0.2, 0.25) is 0 Å². The average Bonchev–Trinajstić information content (AvgIpc) is 1.59. The summed E-state index contributed by atoms with van der Waals surface area (Å²) in [6, 6.07) is 0. The lowest BCUT2D eigenvalue weighted by atomic mass is 9.91. The van der Waals surface area contributed by atoms with Crippen LogP contribution in [0.5, 0.6) is 0 Å². The zero-order valence-corrected chi connectivity index (χ0v) is 6.61. The summed E-state index contributed by atoms with van der Waals surface area (Å²) < 4.78 is 34.5. The lowest BCUT2D eigenvalue weighted by Gasteiger charge is -2.08. The Morgan fingerprint density at radius 2 is 2.00 bits per heavy atom. The molecule has 1 nitrogen and oxygen atoms in total. The van der Waals surface area contributed by atoms with Crippen molar-refractivity contribution in [2.75, 3.05) is 6.61 Å². The number of aliphatic hydroxyl groups is 1. The first-order chi connectivity index (χ1) is 4.45. The molecular weight excluding hydrogens is 212 g/mol. The standard InChI is InChI=1S/C4H6BBrF3O/c6-4(1-2-10)3-5(7,8)9/h3,10H,1-2H2/q-1/b4-3-. The highest BCUT2D eigenvalue weighted by Crippen LogP contribution is 2.18. The molecule has 0 aromatic heterocycles. The van der Waals surface area contributed by atoms with E-state index in [-0.39, 0.29) is 23.5 Å². The molecule has 0 aliphatic carbocycles. The Kier molecular flexibility index (Phi) is 4.04. The van der Waals surface area contributed by atoms with Crippen LogP contribution >= 0.6 is 15.9 Å². The summed E-state index contributed by atoms with van der Waals surface area (Å²) in [5, 5.41) is 8.20. The van der Waals surface area contributed by atoms with E-state index in [1.807, 2.05) is 0 Å². The minimum atomic E-state index is -4.87. The second kappa shape index (κ2) is 4.03. The molecule has 0 aliphatic rings. The molecule has 0 saturated heterocycles. The smallest absolute Gasteiger partial charge is 0.445 e. The fraction of sp³-hybridized carbons (Fsp3) is 0.500. The van der Waals surface area contributed by atoms with Gasteiger partial charge >= 0.3 is 6.98 Å². The first-order valence-electron chi connectivity index (χ1n) is 2.64. The Morgan fingerprint density at radius 1 is 1.50 bits per heavy atom. The summed E-state index contributed by atoms with van der Waals surface area (Å²) in [4.78, 5) is 0. The normalized spacial score (nSPS) is 13.9. The van der Waals surface area contributed by atoms with Crippen molar-refractivity contribution in [1.82, 2.24) is 0 Å². The molecule has 0 aromatic carbocycles. The van der Waals surface area contributed by atoms with Gasteiger partial charge in [-0.2, -0.15) is 0 Å². The van der Waals surface area contributed by atoms with Crippen LogP contribution < -0.4 is 0 Å². The van der Waals surface area contributed by atoms with Crippen molar-refractivity contribution in [2.45, 2.75) is 6.42 Å². The molecule has 0 amide bonds. The molecule has 0 atom stereocenters. The van der Waals surface area contributed by atoms with Gasteiger partial charge in [0.1, 0.15) is 0 Å². The highest BCUT2D eigenvalue weighted by molar-refractivity contribution is 9.11. The maximum absolute atomic E-state index is 11.5. The number of rotatable bonds is 3. The van der Waals surface area contributed by atoms with Crippen LogP contribution in [0.3, 0.4) is 0 Å². The second-order valence-electron chi connectivity index (χ2n) is 1.71. The molecule has 0 rings (SSSR count). The van der Waals surface area contributed by atoms with Crippen molar-refractivity contribution in [3.8, 4) is 0 Å². The van der Waals surface area contributed by atoms with Crippen molar-refractivity contribution in [2.24, 2.45) is 0 Å². The van der Waals surface area contributed by atoms with Gasteiger partial charge in [0.05, 0.1) is 0 Å². The van der Waals surface area contributed by atoms with Gasteiger partial charge < -0.3 is 18.1 Å². The minimum Gasteiger partial charge on any atom is -0.445 e. The van der Waals surface area contributed by atoms with Gasteiger partial charge in [0.2, 0.25) is 0 Å². The van der Waals surface area contributed by atoms with Gasteiger partial charge in [-0.25, -0.2) is 0 Å². The molecule has 0 saturated carbocycles. The van der Waals surface area contributed by atoms with Gasteiger partial charge in [-0.1, -0.05) is 15.9 Å². The topological polar surface area (TPSA) is 20.2 Å². The third kappa shape index (κ3) is 6.16. The monoisotopic (exact) mass is 217 g/mol. The first kappa shape index (κ1) is 10.0. The lowest BCUT2D eigenvalue weighted by molar-refractivity contribution is 0.302. The van der Waals surface area contributed by atoms with Gasteiger partial charge in [0, 0.05) is 6.61 Å². The van der Waals surface area contributed by atoms with E-state index in [0.29, 0.717) is 0 Å². The zero-order chi connectivity index (χ0) is 8.20. The van der Waals surface area contributed by atoms with Crippen LogP contribution in [0.25, 0.3) is 0 Å². The van der Waals surface area contributed by atoms with E-state index in [4.69, 9.17) is 5.11 Å². The van der Waals surface area contributed by atoms with Crippen molar-refractivity contribution in [3.63, 3.8) is 0 Å². The third-order valence-electron chi connectivity index (χ3n) is 0.720. The Labute approximate surface area is 65.1 Å². The Bertz CT molecular complexity index is 133. The van der Waals surface area contributed by atoms with Crippen LogP contribution in [0.4, 0.5) is 12.9 Å². The maximum atomic E-state index is 11.5. The third-order valence-corrected chi connectivity index (χ3v) is 1.38. The predicted molar refractivity (Wildman–Crippen MR) is 37.8 cm³/mol. The predicted octanol–water partition coefficient (Wildman–Crippen LogP) is 2.03. The molecule has 0 aromatic rings. The van der Waals surface area contributed by atoms with Crippen molar-refractivity contribution < 1.29 is 18.1 Å². The van der Waals surface area contributed by atoms with Gasteiger partial charge in [-0.05, 0) is 10.9 Å². The number of hydrogen-bond acceptors (Lipinski definition) is 1. The van der Waals surface area contributed by atoms with E-state index in [1.165, 1.54) is 0 Å². The Balaban J connectivity index is 3.90. The second-order valence-corrected chi connectivity index (χ2v) is 2.73. The van der Waals surface area contributed by atoms with Gasteiger partial charge in [-0.15, -0.1) is 5.98 Å². The van der Waals surface area contributed by atoms with Crippen LogP contribution in [0, 0.1) is 0 Å². The molecule has 0 bridgehead atoms. The summed E-state index contributed by atoms with van der Waals surface area (Å²) in [5.74, 6) is 0.177. The SMILES string of the molecule is OCC/C(Br)=C/[B-](F)(F)F. The summed E-state index contributed by atoms with van der Waals surface area (Å²) in [6.45, 7) is -5.15. The van der Waals surface area contributed by atoms with Crippen LogP contribution in [0.1, 0.15) is 6.42 Å². The molecule has 0 spiro atoms. The fourth-order valence-electron chi connectivity index (χ4n) is 0.395. The van der Waals surface area contributed by atoms with Crippen LogP contribution in [-0.2, 0) is 0 Å². The van der Waals surface area contributed by atoms with Crippen LogP contribution in [0.15, 0.2) is 10.5 Å². The largest absolute Gasteiger partial charge is 0.503 e. The molecule has 60 valence electrons. The van der Waals surface area contributed by atoms with E-state index < -0.39 is 6.98 Å². The summed E-state index contributed by atoms with van der Waals surface area (Å²) >= 11 is 2.67. The Morgan fingerprint density at radius 3 is 2.30 bits per heavy atom. The highest BCUT2D eigenvalue weighted by atomic mass is 79.9. The number of halogens is 4. The van der Waals surface area contributed by atoms with E-state index >= 15 is 0 Å². The van der Waals surface area contributed by atoms with Crippen molar-refractivity contribution in [1.29, 1.82) is 0 Å². The number of hydrogen-bond donors (Lipinski definition) is 1. The lowest BCUT2D eigenvalue weighted by Crippen LogP contribution is -2.10. The van der Waals surface area contributed by atoms with Gasteiger partial charge in [0.15, 0.2) is 0 Å². The van der Waals surface area contributed by atoms with Crippen molar-refractivity contribution in [3.05, 3.63) is 10.5 Å². The molecule has 1 N–H and O–H groups in total. The maximum Gasteiger partial charge on any atom is 0.503 e. The van der Waals surface area contributed by atoms with Gasteiger partial charge in [0.25, 0.3) is 0 Å². The average molecular weight is 218 g/mol. The van der Waals surface area contributed by atoms with E-state index in [0.717, 1.165) is 0 Å². The highest BCUT2D eigenvalue weighted by Gasteiger charge is 2.18. The quantitative estimate of drug-likeness (QED) is 0.718. The molecular formula is C4H6BBrF3O-. The van der Waals surface area contributed by atoms with E-state index in [1.54, 1.807) is 0 Å². The van der Waals surface area contributed by atoms with Crippen LogP contribution in [-0.4, -0.2) is 18.7 Å². The van der Waals surface area contributed by atoms with Crippen molar-refractivity contribution >= 4 is 22.9 Å². The molecule has 0 aliphatic heterocycles. The number of aliphatic hydroxyl groups excluding tert-OH is 1. The molecule has 0 fully saturated rings. The summed E-state index contributed by atoms with van der Waals surface area (Å²) in [6.07, 6.45) is 0.0151. The minimum absolute atomic E-state index is 0.0116. The fourth-order valence-corrected chi connectivity index (χ4v) is 0.872. The molecule has 6 heteroatoms. The molecule has 0 heterocycles. The van der Waals surface area contributed by atoms with Gasteiger partial charge in [-0.3, -0.25) is 0 Å². The summed E-state index contributed by atoms with van der Waals surface area (Å²) in [7, 11) is 0. The van der Waals surface area contributed by atoms with E-state index in [9.17, 15) is 12.9 Å². The molecule has 0 unspecified atom stereocenters. The molecule has 10 heavy (non-hydrogen) atoms. The summed E-state index contributed by atoms with van der Waals surface area (Å²) in [5.41, 5.74) is 0. The van der Waals surface area contributed by atoms with E-state index in [2.05, 4.69) is 15.9 Å². The zero-order valence-electron chi connectivity index (χ0n) is 5.03. The first-order valence-corrected chi connectivity index (χ1v) is 3.43.